The van der Waals surface area contributed by atoms with Gasteiger partial charge in [0, 0.05) is 6.42 Å². The maximum atomic E-state index is 10.5. The summed E-state index contributed by atoms with van der Waals surface area (Å²) in [5.74, 6) is 0.182. The van der Waals surface area contributed by atoms with E-state index in [0.29, 0.717) is 6.61 Å². The number of aryl methyl sites for hydroxylation is 1. The van der Waals surface area contributed by atoms with E-state index in [9.17, 15) is 4.79 Å². The van der Waals surface area contributed by atoms with Gasteiger partial charge in [0.25, 0.3) is 0 Å². The van der Waals surface area contributed by atoms with E-state index in [2.05, 4.69) is 49.4 Å². The van der Waals surface area contributed by atoms with Crippen molar-refractivity contribution in [2.45, 2.75) is 45.4 Å². The SMILES string of the molecule is C/C(=C\CCCCC(=O)O)c1ccc(OCCCc2ccccc2)cc1.Cl. The minimum absolute atomic E-state index is 0. The topological polar surface area (TPSA) is 46.5 Å². The van der Waals surface area contributed by atoms with Crippen molar-refractivity contribution in [2.24, 2.45) is 0 Å². The predicted molar refractivity (Wildman–Crippen MR) is 114 cm³/mol. The summed E-state index contributed by atoms with van der Waals surface area (Å²) in [7, 11) is 0. The molecule has 0 saturated heterocycles. The Bertz CT molecular complexity index is 693. The number of carboxylic acids is 1. The van der Waals surface area contributed by atoms with Crippen molar-refractivity contribution < 1.29 is 14.6 Å². The normalized spacial score (nSPS) is 10.9. The highest BCUT2D eigenvalue weighted by Crippen LogP contribution is 2.20. The number of rotatable bonds is 11. The number of carbonyl (C=O) groups is 1. The molecule has 0 aromatic heterocycles. The fourth-order valence-corrected chi connectivity index (χ4v) is 2.78. The van der Waals surface area contributed by atoms with Gasteiger partial charge in [-0.2, -0.15) is 0 Å². The predicted octanol–water partition coefficient (Wildman–Crippen LogP) is 6.17. The first kappa shape index (κ1) is 22.8. The van der Waals surface area contributed by atoms with Crippen molar-refractivity contribution in [1.82, 2.24) is 0 Å². The average Bonchev–Trinajstić information content (AvgIpc) is 2.66. The minimum Gasteiger partial charge on any atom is -0.494 e. The minimum atomic E-state index is -0.718. The summed E-state index contributed by atoms with van der Waals surface area (Å²) in [6, 6.07) is 18.6. The second kappa shape index (κ2) is 13.0. The van der Waals surface area contributed by atoms with E-state index in [-0.39, 0.29) is 18.8 Å². The fraction of sp³-hybridized carbons (Fsp3) is 0.348. The number of aliphatic carboxylic acids is 1. The molecule has 0 spiro atoms. The molecule has 1 N–H and O–H groups in total. The molecular weight excluding hydrogens is 360 g/mol. The molecule has 0 unspecified atom stereocenters. The van der Waals surface area contributed by atoms with E-state index in [1.165, 1.54) is 16.7 Å². The Morgan fingerprint density at radius 1 is 1.00 bits per heavy atom. The molecule has 0 aliphatic heterocycles. The summed E-state index contributed by atoms with van der Waals surface area (Å²) >= 11 is 0. The molecule has 2 aromatic carbocycles. The molecule has 4 heteroatoms. The number of benzene rings is 2. The van der Waals surface area contributed by atoms with Crippen molar-refractivity contribution in [3.05, 3.63) is 71.8 Å². The lowest BCUT2D eigenvalue weighted by Crippen LogP contribution is -1.99. The molecule has 2 aromatic rings. The smallest absolute Gasteiger partial charge is 0.303 e. The summed E-state index contributed by atoms with van der Waals surface area (Å²) < 4.78 is 5.82. The first-order valence-corrected chi connectivity index (χ1v) is 9.31. The summed E-state index contributed by atoms with van der Waals surface area (Å²) in [5.41, 5.74) is 3.74. The third kappa shape index (κ3) is 9.30. The van der Waals surface area contributed by atoms with E-state index in [0.717, 1.165) is 37.9 Å². The zero-order chi connectivity index (χ0) is 18.6. The van der Waals surface area contributed by atoms with Crippen LogP contribution in [-0.4, -0.2) is 17.7 Å². The van der Waals surface area contributed by atoms with Gasteiger partial charge in [-0.15, -0.1) is 12.4 Å². The molecule has 3 nitrogen and oxygen atoms in total. The van der Waals surface area contributed by atoms with Gasteiger partial charge in [-0.05, 0) is 67.9 Å². The lowest BCUT2D eigenvalue weighted by molar-refractivity contribution is -0.137. The van der Waals surface area contributed by atoms with E-state index < -0.39 is 5.97 Å². The molecule has 0 amide bonds. The van der Waals surface area contributed by atoms with Crippen LogP contribution in [0.1, 0.15) is 50.2 Å². The van der Waals surface area contributed by atoms with Gasteiger partial charge in [0.1, 0.15) is 5.75 Å². The van der Waals surface area contributed by atoms with Crippen LogP contribution >= 0.6 is 12.4 Å². The second-order valence-electron chi connectivity index (χ2n) is 6.49. The van der Waals surface area contributed by atoms with Crippen molar-refractivity contribution in [1.29, 1.82) is 0 Å². The van der Waals surface area contributed by atoms with Crippen LogP contribution in [0.5, 0.6) is 5.75 Å². The van der Waals surface area contributed by atoms with E-state index in [4.69, 9.17) is 9.84 Å². The van der Waals surface area contributed by atoms with Crippen LogP contribution in [-0.2, 0) is 11.2 Å². The quantitative estimate of drug-likeness (QED) is 0.468. The molecule has 0 heterocycles. The first-order valence-electron chi connectivity index (χ1n) is 9.31. The molecular formula is C23H29ClO3. The van der Waals surface area contributed by atoms with Gasteiger partial charge in [0.2, 0.25) is 0 Å². The van der Waals surface area contributed by atoms with Crippen LogP contribution in [0.15, 0.2) is 60.7 Å². The molecule has 2 rings (SSSR count). The number of hydrogen-bond donors (Lipinski definition) is 1. The van der Waals surface area contributed by atoms with Crippen LogP contribution in [0, 0.1) is 0 Å². The van der Waals surface area contributed by atoms with Gasteiger partial charge in [0.15, 0.2) is 0 Å². The standard InChI is InChI=1S/C23H28O3.ClH/c1-19(9-4-2-7-13-23(24)25)21-14-16-22(17-15-21)26-18-8-12-20-10-5-3-6-11-20;/h3,5-6,9-11,14-17H,2,4,7-8,12-13,18H2,1H3,(H,24,25);1H/b19-9+;. The Kier molecular flexibility index (Phi) is 11.0. The summed E-state index contributed by atoms with van der Waals surface area (Å²) in [4.78, 5) is 10.5. The highest BCUT2D eigenvalue weighted by molar-refractivity contribution is 5.85. The zero-order valence-electron chi connectivity index (χ0n) is 15.9. The Hall–Kier alpha value is -2.26. The molecule has 0 saturated carbocycles. The summed E-state index contributed by atoms with van der Waals surface area (Å²) in [5, 5.41) is 8.63. The van der Waals surface area contributed by atoms with E-state index in [1.54, 1.807) is 0 Å². The molecule has 0 aliphatic carbocycles. The number of carboxylic acid groups (broad SMARTS) is 1. The van der Waals surface area contributed by atoms with Gasteiger partial charge in [-0.1, -0.05) is 48.5 Å². The molecule has 27 heavy (non-hydrogen) atoms. The van der Waals surface area contributed by atoms with Gasteiger partial charge in [-0.25, -0.2) is 0 Å². The highest BCUT2D eigenvalue weighted by Gasteiger charge is 2.00. The Labute approximate surface area is 168 Å². The van der Waals surface area contributed by atoms with Crippen molar-refractivity contribution >= 4 is 23.9 Å². The number of ether oxygens (including phenoxy) is 1. The fourth-order valence-electron chi connectivity index (χ4n) is 2.78. The molecule has 146 valence electrons. The van der Waals surface area contributed by atoms with Crippen LogP contribution in [0.4, 0.5) is 0 Å². The number of unbranched alkanes of at least 4 members (excludes halogenated alkanes) is 2. The molecule has 0 bridgehead atoms. The second-order valence-corrected chi connectivity index (χ2v) is 6.49. The Balaban J connectivity index is 0.00000364. The number of allylic oxidation sites excluding steroid dienone is 2. The average molecular weight is 389 g/mol. The molecule has 0 atom stereocenters. The van der Waals surface area contributed by atoms with Crippen molar-refractivity contribution in [3.8, 4) is 5.75 Å². The van der Waals surface area contributed by atoms with Gasteiger partial charge >= 0.3 is 5.97 Å². The zero-order valence-corrected chi connectivity index (χ0v) is 16.7. The van der Waals surface area contributed by atoms with Gasteiger partial charge in [0.05, 0.1) is 6.61 Å². The summed E-state index contributed by atoms with van der Waals surface area (Å²) in [6.07, 6.45) is 7.02. The number of halogens is 1. The van der Waals surface area contributed by atoms with Crippen molar-refractivity contribution in [2.75, 3.05) is 6.61 Å². The maximum Gasteiger partial charge on any atom is 0.303 e. The number of hydrogen-bond acceptors (Lipinski definition) is 2. The van der Waals surface area contributed by atoms with Gasteiger partial charge < -0.3 is 9.84 Å². The lowest BCUT2D eigenvalue weighted by atomic mass is 10.0. The third-order valence-electron chi connectivity index (χ3n) is 4.33. The molecule has 0 radical (unpaired) electrons. The van der Waals surface area contributed by atoms with Crippen LogP contribution < -0.4 is 4.74 Å². The van der Waals surface area contributed by atoms with Crippen LogP contribution in [0.3, 0.4) is 0 Å². The lowest BCUT2D eigenvalue weighted by Gasteiger charge is -2.08. The van der Waals surface area contributed by atoms with Gasteiger partial charge in [-0.3, -0.25) is 4.79 Å². The van der Waals surface area contributed by atoms with Crippen LogP contribution in [0.25, 0.3) is 5.57 Å². The Morgan fingerprint density at radius 3 is 2.37 bits per heavy atom. The van der Waals surface area contributed by atoms with Crippen LogP contribution in [0.2, 0.25) is 0 Å². The first-order chi connectivity index (χ1) is 12.6. The largest absolute Gasteiger partial charge is 0.494 e. The van der Waals surface area contributed by atoms with E-state index >= 15 is 0 Å². The summed E-state index contributed by atoms with van der Waals surface area (Å²) in [6.45, 7) is 2.81. The monoisotopic (exact) mass is 388 g/mol. The molecule has 0 aliphatic rings. The van der Waals surface area contributed by atoms with Crippen molar-refractivity contribution in [3.63, 3.8) is 0 Å². The van der Waals surface area contributed by atoms with E-state index in [1.807, 2.05) is 18.2 Å². The third-order valence-corrected chi connectivity index (χ3v) is 4.33. The Morgan fingerprint density at radius 2 is 1.70 bits per heavy atom. The molecule has 0 fully saturated rings. The highest BCUT2D eigenvalue weighted by atomic mass is 35.5. The maximum absolute atomic E-state index is 10.5.